The summed E-state index contributed by atoms with van der Waals surface area (Å²) >= 11 is 0. The topological polar surface area (TPSA) is 84.2 Å². The van der Waals surface area contributed by atoms with E-state index in [1.807, 2.05) is 6.92 Å². The first-order chi connectivity index (χ1) is 9.02. The number of rotatable bonds is 6. The van der Waals surface area contributed by atoms with E-state index < -0.39 is 0 Å². The Hall–Kier alpha value is -1.88. The van der Waals surface area contributed by atoms with Gasteiger partial charge in [-0.3, -0.25) is 9.59 Å². The summed E-state index contributed by atoms with van der Waals surface area (Å²) in [6, 6.07) is 6.91. The SMILES string of the molecule is CNC(=O)c1ccc(NC(=O)CCCC(C)N)cc1. The van der Waals surface area contributed by atoms with Crippen LogP contribution in [-0.2, 0) is 4.79 Å². The average Bonchev–Trinajstić information content (AvgIpc) is 2.38. The van der Waals surface area contributed by atoms with E-state index in [-0.39, 0.29) is 17.9 Å². The molecule has 4 N–H and O–H groups in total. The number of hydrogen-bond acceptors (Lipinski definition) is 3. The summed E-state index contributed by atoms with van der Waals surface area (Å²) in [5.41, 5.74) is 6.88. The lowest BCUT2D eigenvalue weighted by Crippen LogP contribution is -2.18. The summed E-state index contributed by atoms with van der Waals surface area (Å²) in [4.78, 5) is 23.0. The smallest absolute Gasteiger partial charge is 0.251 e. The summed E-state index contributed by atoms with van der Waals surface area (Å²) in [5, 5.41) is 5.33. The Morgan fingerprint density at radius 3 is 2.42 bits per heavy atom. The van der Waals surface area contributed by atoms with Crippen molar-refractivity contribution in [2.45, 2.75) is 32.2 Å². The number of amides is 2. The zero-order valence-electron chi connectivity index (χ0n) is 11.4. The van der Waals surface area contributed by atoms with Crippen LogP contribution in [0, 0.1) is 0 Å². The van der Waals surface area contributed by atoms with Gasteiger partial charge in [0.05, 0.1) is 0 Å². The van der Waals surface area contributed by atoms with Crippen molar-refractivity contribution in [3.8, 4) is 0 Å². The lowest BCUT2D eigenvalue weighted by molar-refractivity contribution is -0.116. The molecule has 0 saturated heterocycles. The van der Waals surface area contributed by atoms with E-state index in [1.54, 1.807) is 31.3 Å². The molecule has 1 aromatic rings. The maximum atomic E-state index is 11.6. The fourth-order valence-corrected chi connectivity index (χ4v) is 1.66. The number of carbonyl (C=O) groups excluding carboxylic acids is 2. The zero-order chi connectivity index (χ0) is 14.3. The van der Waals surface area contributed by atoms with Crippen molar-refractivity contribution < 1.29 is 9.59 Å². The Bertz CT molecular complexity index is 427. The molecule has 1 unspecified atom stereocenters. The van der Waals surface area contributed by atoms with Crippen LogP contribution in [-0.4, -0.2) is 24.9 Å². The van der Waals surface area contributed by atoms with E-state index in [0.29, 0.717) is 17.7 Å². The Balaban J connectivity index is 2.44. The molecule has 5 nitrogen and oxygen atoms in total. The van der Waals surface area contributed by atoms with Gasteiger partial charge in [0.25, 0.3) is 5.91 Å². The standard InChI is InChI=1S/C14H21N3O2/c1-10(15)4-3-5-13(18)17-12-8-6-11(7-9-12)14(19)16-2/h6-10H,3-5,15H2,1-2H3,(H,16,19)(H,17,18). The van der Waals surface area contributed by atoms with Crippen LogP contribution in [0.25, 0.3) is 0 Å². The molecule has 0 heterocycles. The van der Waals surface area contributed by atoms with Crippen molar-refractivity contribution in [3.05, 3.63) is 29.8 Å². The molecule has 19 heavy (non-hydrogen) atoms. The number of benzene rings is 1. The third kappa shape index (κ3) is 5.52. The van der Waals surface area contributed by atoms with Crippen molar-refractivity contribution in [2.75, 3.05) is 12.4 Å². The molecule has 0 aliphatic carbocycles. The molecule has 1 atom stereocenters. The average molecular weight is 263 g/mol. The molecule has 0 fully saturated rings. The molecule has 0 aromatic heterocycles. The molecule has 1 rings (SSSR count). The van der Waals surface area contributed by atoms with E-state index in [0.717, 1.165) is 12.8 Å². The highest BCUT2D eigenvalue weighted by molar-refractivity contribution is 5.95. The number of anilines is 1. The van der Waals surface area contributed by atoms with E-state index >= 15 is 0 Å². The van der Waals surface area contributed by atoms with Gasteiger partial charge in [-0.05, 0) is 44.0 Å². The van der Waals surface area contributed by atoms with Crippen molar-refractivity contribution in [1.29, 1.82) is 0 Å². The van der Waals surface area contributed by atoms with Gasteiger partial charge in [0, 0.05) is 30.8 Å². The Morgan fingerprint density at radius 1 is 1.26 bits per heavy atom. The van der Waals surface area contributed by atoms with Crippen molar-refractivity contribution in [2.24, 2.45) is 5.73 Å². The fourth-order valence-electron chi connectivity index (χ4n) is 1.66. The molecule has 5 heteroatoms. The minimum absolute atomic E-state index is 0.0339. The molecular weight excluding hydrogens is 242 g/mol. The van der Waals surface area contributed by atoms with Gasteiger partial charge >= 0.3 is 0 Å². The van der Waals surface area contributed by atoms with Gasteiger partial charge in [-0.25, -0.2) is 0 Å². The van der Waals surface area contributed by atoms with E-state index in [9.17, 15) is 9.59 Å². The molecule has 0 aliphatic heterocycles. The van der Waals surface area contributed by atoms with Crippen LogP contribution in [0.1, 0.15) is 36.5 Å². The van der Waals surface area contributed by atoms with Gasteiger partial charge in [-0.1, -0.05) is 0 Å². The molecule has 0 spiro atoms. The minimum atomic E-state index is -0.144. The van der Waals surface area contributed by atoms with Crippen LogP contribution in [0.4, 0.5) is 5.69 Å². The molecule has 0 aliphatic rings. The molecule has 2 amide bonds. The first kappa shape index (κ1) is 15.2. The summed E-state index contributed by atoms with van der Waals surface area (Å²) < 4.78 is 0. The quantitative estimate of drug-likeness (QED) is 0.727. The van der Waals surface area contributed by atoms with Gasteiger partial charge < -0.3 is 16.4 Å². The molecular formula is C14H21N3O2. The summed E-state index contributed by atoms with van der Waals surface area (Å²) in [6.07, 6.45) is 2.07. The van der Waals surface area contributed by atoms with Crippen LogP contribution >= 0.6 is 0 Å². The molecule has 0 radical (unpaired) electrons. The highest BCUT2D eigenvalue weighted by atomic mass is 16.2. The van der Waals surface area contributed by atoms with Gasteiger partial charge in [0.15, 0.2) is 0 Å². The van der Waals surface area contributed by atoms with Crippen molar-refractivity contribution >= 4 is 17.5 Å². The van der Waals surface area contributed by atoms with Crippen molar-refractivity contribution in [1.82, 2.24) is 5.32 Å². The first-order valence-electron chi connectivity index (χ1n) is 6.40. The maximum absolute atomic E-state index is 11.6. The second kappa shape index (κ2) is 7.53. The summed E-state index contributed by atoms with van der Waals surface area (Å²) in [6.45, 7) is 1.93. The van der Waals surface area contributed by atoms with Gasteiger partial charge in [0.1, 0.15) is 0 Å². The highest BCUT2D eigenvalue weighted by Gasteiger charge is 2.05. The van der Waals surface area contributed by atoms with Gasteiger partial charge in [-0.2, -0.15) is 0 Å². The third-order valence-corrected chi connectivity index (χ3v) is 2.72. The number of nitrogens with one attached hydrogen (secondary N) is 2. The summed E-state index contributed by atoms with van der Waals surface area (Å²) in [5.74, 6) is -0.178. The van der Waals surface area contributed by atoms with E-state index in [2.05, 4.69) is 10.6 Å². The predicted molar refractivity (Wildman–Crippen MR) is 76.0 cm³/mol. The van der Waals surface area contributed by atoms with Gasteiger partial charge in [-0.15, -0.1) is 0 Å². The fraction of sp³-hybridized carbons (Fsp3) is 0.429. The number of hydrogen-bond donors (Lipinski definition) is 3. The van der Waals surface area contributed by atoms with Crippen LogP contribution < -0.4 is 16.4 Å². The van der Waals surface area contributed by atoms with Crippen LogP contribution in [0.15, 0.2) is 24.3 Å². The predicted octanol–water partition coefficient (Wildman–Crippen LogP) is 1.50. The molecule has 1 aromatic carbocycles. The summed E-state index contributed by atoms with van der Waals surface area (Å²) in [7, 11) is 1.58. The van der Waals surface area contributed by atoms with Crippen molar-refractivity contribution in [3.63, 3.8) is 0 Å². The Labute approximate surface area is 113 Å². The second-order valence-corrected chi connectivity index (χ2v) is 4.57. The van der Waals surface area contributed by atoms with Gasteiger partial charge in [0.2, 0.25) is 5.91 Å². The number of carbonyl (C=O) groups is 2. The van der Waals surface area contributed by atoms with Crippen LogP contribution in [0.2, 0.25) is 0 Å². The van der Waals surface area contributed by atoms with E-state index in [1.165, 1.54) is 0 Å². The van der Waals surface area contributed by atoms with Crippen LogP contribution in [0.5, 0.6) is 0 Å². The Morgan fingerprint density at radius 2 is 1.89 bits per heavy atom. The second-order valence-electron chi connectivity index (χ2n) is 4.57. The number of nitrogens with two attached hydrogens (primary N) is 1. The molecule has 0 bridgehead atoms. The normalized spacial score (nSPS) is 11.7. The van der Waals surface area contributed by atoms with Crippen LogP contribution in [0.3, 0.4) is 0 Å². The molecule has 104 valence electrons. The zero-order valence-corrected chi connectivity index (χ0v) is 11.4. The largest absolute Gasteiger partial charge is 0.355 e. The van der Waals surface area contributed by atoms with E-state index in [4.69, 9.17) is 5.73 Å². The first-order valence-corrected chi connectivity index (χ1v) is 6.40. The monoisotopic (exact) mass is 263 g/mol. The third-order valence-electron chi connectivity index (χ3n) is 2.72. The lowest BCUT2D eigenvalue weighted by atomic mass is 10.1. The minimum Gasteiger partial charge on any atom is -0.355 e. The lowest BCUT2D eigenvalue weighted by Gasteiger charge is -2.07. The highest BCUT2D eigenvalue weighted by Crippen LogP contribution is 2.10. The maximum Gasteiger partial charge on any atom is 0.251 e. The Kier molecular flexibility index (Phi) is 6.02. The molecule has 0 saturated carbocycles.